The van der Waals surface area contributed by atoms with Gasteiger partial charge in [-0.05, 0) is 37.1 Å². The monoisotopic (exact) mass is 394 g/mol. The second-order valence-corrected chi connectivity index (χ2v) is 6.78. The van der Waals surface area contributed by atoms with E-state index in [-0.39, 0.29) is 25.0 Å². The molecule has 0 atom stereocenters. The summed E-state index contributed by atoms with van der Waals surface area (Å²) in [5.74, 6) is -1.57. The maximum Gasteiger partial charge on any atom is 0.416 e. The lowest BCUT2D eigenvalue weighted by Gasteiger charge is -2.31. The number of cyclic esters (lactones) is 1. The average Bonchev–Trinajstić information content (AvgIpc) is 3.12. The third-order valence-corrected chi connectivity index (χ3v) is 4.86. The first-order chi connectivity index (χ1) is 13.0. The highest BCUT2D eigenvalue weighted by Crippen LogP contribution is 2.21. The number of amides is 3. The molecule has 2 aliphatic heterocycles. The second kappa shape index (κ2) is 8.39. The van der Waals surface area contributed by atoms with Crippen molar-refractivity contribution in [2.75, 3.05) is 32.8 Å². The van der Waals surface area contributed by atoms with Gasteiger partial charge in [-0.1, -0.05) is 11.6 Å². The lowest BCUT2D eigenvalue weighted by molar-refractivity contribution is -0.155. The molecule has 0 N–H and O–H groups in total. The zero-order valence-electron chi connectivity index (χ0n) is 14.6. The number of esters is 1. The Labute approximate surface area is 160 Å². The number of ether oxygens (including phenoxy) is 2. The topological polar surface area (TPSA) is 93.2 Å². The smallest absolute Gasteiger partial charge is 0.416 e. The molecule has 3 rings (SSSR count). The predicted octanol–water partition coefficient (Wildman–Crippen LogP) is 1.71. The van der Waals surface area contributed by atoms with Crippen molar-refractivity contribution in [1.29, 1.82) is 0 Å². The summed E-state index contributed by atoms with van der Waals surface area (Å²) >= 11 is 5.83. The van der Waals surface area contributed by atoms with Crippen LogP contribution in [0.25, 0.3) is 0 Å². The first-order valence-electron chi connectivity index (χ1n) is 8.64. The summed E-state index contributed by atoms with van der Waals surface area (Å²) in [4.78, 5) is 50.4. The number of imide groups is 1. The number of halogens is 1. The fourth-order valence-electron chi connectivity index (χ4n) is 3.04. The number of hydrogen-bond acceptors (Lipinski definition) is 6. The second-order valence-electron chi connectivity index (χ2n) is 6.34. The fourth-order valence-corrected chi connectivity index (χ4v) is 3.17. The molecule has 2 fully saturated rings. The van der Waals surface area contributed by atoms with Gasteiger partial charge in [-0.15, -0.1) is 0 Å². The van der Waals surface area contributed by atoms with Crippen LogP contribution in [0.15, 0.2) is 24.3 Å². The molecule has 2 heterocycles. The van der Waals surface area contributed by atoms with Gasteiger partial charge in [0, 0.05) is 23.7 Å². The van der Waals surface area contributed by atoms with E-state index < -0.39 is 24.6 Å². The lowest BCUT2D eigenvalue weighted by atomic mass is 9.96. The fraction of sp³-hybridized carbons (Fsp3) is 0.444. The maximum atomic E-state index is 12.5. The lowest BCUT2D eigenvalue weighted by Crippen LogP contribution is -2.41. The largest absolute Gasteiger partial charge is 0.455 e. The zero-order valence-corrected chi connectivity index (χ0v) is 15.3. The molecular formula is C18H19ClN2O6. The Hall–Kier alpha value is -2.61. The number of benzene rings is 1. The molecule has 1 aromatic carbocycles. The van der Waals surface area contributed by atoms with E-state index in [0.717, 1.165) is 4.90 Å². The van der Waals surface area contributed by atoms with Crippen LogP contribution >= 0.6 is 11.6 Å². The predicted molar refractivity (Wildman–Crippen MR) is 94.1 cm³/mol. The minimum absolute atomic E-state index is 0.110. The van der Waals surface area contributed by atoms with Crippen LogP contribution in [0.3, 0.4) is 0 Å². The van der Waals surface area contributed by atoms with Gasteiger partial charge < -0.3 is 14.4 Å². The molecule has 2 aliphatic rings. The summed E-state index contributed by atoms with van der Waals surface area (Å²) in [5, 5.41) is 0.560. The third-order valence-electron chi connectivity index (χ3n) is 4.61. The number of nitrogens with zero attached hydrogens (tertiary/aromatic N) is 2. The number of likely N-dealkylation sites (tertiary alicyclic amines) is 1. The third kappa shape index (κ3) is 4.57. The SMILES string of the molecule is O=C(OCC(=O)N1CCOC1=O)C1CCN(C(=O)c2ccc(Cl)cc2)CC1. The van der Waals surface area contributed by atoms with Crippen molar-refractivity contribution in [2.24, 2.45) is 5.92 Å². The highest BCUT2D eigenvalue weighted by atomic mass is 35.5. The summed E-state index contributed by atoms with van der Waals surface area (Å²) in [6.07, 6.45) is 0.195. The summed E-state index contributed by atoms with van der Waals surface area (Å²) in [6.45, 7) is 0.679. The highest BCUT2D eigenvalue weighted by Gasteiger charge is 2.32. The van der Waals surface area contributed by atoms with Gasteiger partial charge in [-0.3, -0.25) is 14.4 Å². The van der Waals surface area contributed by atoms with Crippen molar-refractivity contribution in [3.63, 3.8) is 0 Å². The summed E-state index contributed by atoms with van der Waals surface area (Å²) in [6, 6.07) is 6.65. The zero-order chi connectivity index (χ0) is 19.4. The average molecular weight is 395 g/mol. The van der Waals surface area contributed by atoms with E-state index in [0.29, 0.717) is 36.5 Å². The molecule has 27 heavy (non-hydrogen) atoms. The van der Waals surface area contributed by atoms with Gasteiger partial charge >= 0.3 is 12.1 Å². The Morgan fingerprint density at radius 3 is 2.37 bits per heavy atom. The van der Waals surface area contributed by atoms with Crippen LogP contribution in [-0.2, 0) is 19.1 Å². The standard InChI is InChI=1S/C18H19ClN2O6/c19-14-3-1-12(2-4-14)16(23)20-7-5-13(6-8-20)17(24)27-11-15(22)21-9-10-26-18(21)25/h1-4,13H,5-11H2. The van der Waals surface area contributed by atoms with Crippen molar-refractivity contribution in [3.05, 3.63) is 34.9 Å². The van der Waals surface area contributed by atoms with E-state index in [9.17, 15) is 19.2 Å². The Kier molecular flexibility index (Phi) is 5.95. The van der Waals surface area contributed by atoms with Gasteiger partial charge in [-0.2, -0.15) is 0 Å². The summed E-state index contributed by atoms with van der Waals surface area (Å²) < 4.78 is 9.71. The van der Waals surface area contributed by atoms with Gasteiger partial charge in [0.15, 0.2) is 6.61 Å². The quantitative estimate of drug-likeness (QED) is 0.722. The molecule has 0 radical (unpaired) electrons. The van der Waals surface area contributed by atoms with Gasteiger partial charge in [-0.25, -0.2) is 9.69 Å². The molecule has 144 valence electrons. The van der Waals surface area contributed by atoms with Crippen LogP contribution in [0.2, 0.25) is 5.02 Å². The van der Waals surface area contributed by atoms with Gasteiger partial charge in [0.2, 0.25) is 0 Å². The summed E-state index contributed by atoms with van der Waals surface area (Å²) in [7, 11) is 0. The number of rotatable bonds is 4. The Bertz CT molecular complexity index is 743. The van der Waals surface area contributed by atoms with Crippen molar-refractivity contribution >= 4 is 35.5 Å². The van der Waals surface area contributed by atoms with E-state index in [4.69, 9.17) is 16.3 Å². The van der Waals surface area contributed by atoms with Crippen molar-refractivity contribution < 1.29 is 28.7 Å². The molecule has 3 amide bonds. The van der Waals surface area contributed by atoms with Crippen molar-refractivity contribution in [2.45, 2.75) is 12.8 Å². The maximum absolute atomic E-state index is 12.5. The van der Waals surface area contributed by atoms with Gasteiger partial charge in [0.05, 0.1) is 12.5 Å². The molecular weight excluding hydrogens is 376 g/mol. The molecule has 8 nitrogen and oxygen atoms in total. The number of hydrogen-bond donors (Lipinski definition) is 0. The van der Waals surface area contributed by atoms with Crippen LogP contribution in [-0.4, -0.2) is 66.5 Å². The molecule has 0 unspecified atom stereocenters. The molecule has 0 saturated carbocycles. The molecule has 1 aromatic rings. The Morgan fingerprint density at radius 2 is 1.78 bits per heavy atom. The van der Waals surface area contributed by atoms with Crippen LogP contribution in [0.1, 0.15) is 23.2 Å². The molecule has 2 saturated heterocycles. The van der Waals surface area contributed by atoms with Gasteiger partial charge in [0.1, 0.15) is 6.61 Å². The number of carbonyl (C=O) groups excluding carboxylic acids is 4. The van der Waals surface area contributed by atoms with Crippen LogP contribution in [0.4, 0.5) is 4.79 Å². The van der Waals surface area contributed by atoms with E-state index in [1.807, 2.05) is 0 Å². The van der Waals surface area contributed by atoms with Gasteiger partial charge in [0.25, 0.3) is 11.8 Å². The number of piperidine rings is 1. The minimum atomic E-state index is -0.718. The van der Waals surface area contributed by atoms with Crippen LogP contribution in [0, 0.1) is 5.92 Å². The minimum Gasteiger partial charge on any atom is -0.455 e. The molecule has 0 aliphatic carbocycles. The molecule has 9 heteroatoms. The normalized spacial score (nSPS) is 17.6. The highest BCUT2D eigenvalue weighted by molar-refractivity contribution is 6.30. The van der Waals surface area contributed by atoms with Crippen LogP contribution in [0.5, 0.6) is 0 Å². The van der Waals surface area contributed by atoms with E-state index >= 15 is 0 Å². The van der Waals surface area contributed by atoms with E-state index in [1.165, 1.54) is 0 Å². The van der Waals surface area contributed by atoms with Crippen LogP contribution < -0.4 is 0 Å². The first kappa shape index (κ1) is 19.2. The number of carbonyl (C=O) groups is 4. The van der Waals surface area contributed by atoms with E-state index in [2.05, 4.69) is 4.74 Å². The van der Waals surface area contributed by atoms with Crippen molar-refractivity contribution in [1.82, 2.24) is 9.80 Å². The first-order valence-corrected chi connectivity index (χ1v) is 9.02. The molecule has 0 bridgehead atoms. The Balaban J connectivity index is 1.45. The molecule has 0 spiro atoms. The Morgan fingerprint density at radius 1 is 1.11 bits per heavy atom. The summed E-state index contributed by atoms with van der Waals surface area (Å²) in [5.41, 5.74) is 0.545. The van der Waals surface area contributed by atoms with E-state index in [1.54, 1.807) is 29.2 Å². The molecule has 0 aromatic heterocycles. The van der Waals surface area contributed by atoms with Crippen molar-refractivity contribution in [3.8, 4) is 0 Å².